The maximum absolute atomic E-state index is 12.7. The SMILES string of the molecule is CC#CC(=O)NCCCN(C)c1ccc(F)cc1. The van der Waals surface area contributed by atoms with Crippen molar-refractivity contribution >= 4 is 11.6 Å². The Morgan fingerprint density at radius 1 is 1.39 bits per heavy atom. The standard InChI is InChI=1S/C14H17FN2O/c1-3-5-14(18)16-10-4-11-17(2)13-8-6-12(15)7-9-13/h6-9H,4,10-11H2,1-2H3,(H,16,18). The molecular formula is C14H17FN2O. The Hall–Kier alpha value is -2.02. The van der Waals surface area contributed by atoms with Crippen LogP contribution in [0.4, 0.5) is 10.1 Å². The van der Waals surface area contributed by atoms with Gasteiger partial charge in [0.1, 0.15) is 5.82 Å². The zero-order chi connectivity index (χ0) is 13.4. The Kier molecular flexibility index (Phi) is 5.72. The van der Waals surface area contributed by atoms with Gasteiger partial charge in [0.05, 0.1) is 0 Å². The van der Waals surface area contributed by atoms with E-state index in [1.54, 1.807) is 19.1 Å². The van der Waals surface area contributed by atoms with Crippen LogP contribution in [0.15, 0.2) is 24.3 Å². The quantitative estimate of drug-likeness (QED) is 0.636. The fourth-order valence-electron chi connectivity index (χ4n) is 1.50. The van der Waals surface area contributed by atoms with Gasteiger partial charge in [0, 0.05) is 25.8 Å². The lowest BCUT2D eigenvalue weighted by molar-refractivity contribution is -0.115. The number of carbonyl (C=O) groups excluding carboxylic acids is 1. The Bertz CT molecular complexity index is 445. The number of hydrogen-bond donors (Lipinski definition) is 1. The van der Waals surface area contributed by atoms with E-state index in [4.69, 9.17) is 0 Å². The average molecular weight is 248 g/mol. The zero-order valence-corrected chi connectivity index (χ0v) is 10.7. The molecule has 0 aliphatic rings. The number of amides is 1. The molecule has 18 heavy (non-hydrogen) atoms. The predicted molar refractivity (Wildman–Crippen MR) is 70.7 cm³/mol. The molecule has 96 valence electrons. The van der Waals surface area contributed by atoms with E-state index in [2.05, 4.69) is 17.2 Å². The third-order valence-corrected chi connectivity index (χ3v) is 2.46. The largest absolute Gasteiger partial charge is 0.375 e. The lowest BCUT2D eigenvalue weighted by Crippen LogP contribution is -2.27. The maximum atomic E-state index is 12.7. The minimum absolute atomic E-state index is 0.238. The second-order valence-corrected chi connectivity index (χ2v) is 3.88. The first-order valence-electron chi connectivity index (χ1n) is 5.81. The first-order valence-corrected chi connectivity index (χ1v) is 5.81. The molecule has 0 saturated heterocycles. The average Bonchev–Trinajstić information content (AvgIpc) is 2.35. The lowest BCUT2D eigenvalue weighted by atomic mass is 10.2. The van der Waals surface area contributed by atoms with Gasteiger partial charge in [-0.3, -0.25) is 4.79 Å². The van der Waals surface area contributed by atoms with E-state index in [1.165, 1.54) is 12.1 Å². The van der Waals surface area contributed by atoms with Crippen molar-refractivity contribution in [2.45, 2.75) is 13.3 Å². The van der Waals surface area contributed by atoms with Crippen LogP contribution in [0.5, 0.6) is 0 Å². The summed E-state index contributed by atoms with van der Waals surface area (Å²) in [5, 5.41) is 2.70. The molecular weight excluding hydrogens is 231 g/mol. The summed E-state index contributed by atoms with van der Waals surface area (Å²) in [5.41, 5.74) is 0.955. The molecule has 4 heteroatoms. The van der Waals surface area contributed by atoms with Crippen molar-refractivity contribution in [3.8, 4) is 11.8 Å². The number of carbonyl (C=O) groups is 1. The van der Waals surface area contributed by atoms with E-state index in [1.807, 2.05) is 11.9 Å². The summed E-state index contributed by atoms with van der Waals surface area (Å²) in [7, 11) is 1.93. The molecule has 0 atom stereocenters. The highest BCUT2D eigenvalue weighted by Gasteiger charge is 2.01. The summed E-state index contributed by atoms with van der Waals surface area (Å²) >= 11 is 0. The predicted octanol–water partition coefficient (Wildman–Crippen LogP) is 1.79. The number of halogens is 1. The van der Waals surface area contributed by atoms with Gasteiger partial charge in [-0.05, 0) is 43.5 Å². The molecule has 1 amide bonds. The van der Waals surface area contributed by atoms with E-state index < -0.39 is 0 Å². The monoisotopic (exact) mass is 248 g/mol. The third kappa shape index (κ3) is 4.88. The van der Waals surface area contributed by atoms with E-state index >= 15 is 0 Å². The first-order chi connectivity index (χ1) is 8.63. The van der Waals surface area contributed by atoms with Crippen LogP contribution in [-0.2, 0) is 4.79 Å². The number of nitrogens with zero attached hydrogens (tertiary/aromatic N) is 1. The first kappa shape index (κ1) is 14.0. The molecule has 0 unspecified atom stereocenters. The smallest absolute Gasteiger partial charge is 0.295 e. The highest BCUT2D eigenvalue weighted by Crippen LogP contribution is 2.12. The Morgan fingerprint density at radius 3 is 2.67 bits per heavy atom. The lowest BCUT2D eigenvalue weighted by Gasteiger charge is -2.19. The fraction of sp³-hybridized carbons (Fsp3) is 0.357. The molecule has 0 bridgehead atoms. The molecule has 0 saturated carbocycles. The number of benzene rings is 1. The number of rotatable bonds is 5. The number of hydrogen-bond acceptors (Lipinski definition) is 2. The van der Waals surface area contributed by atoms with Gasteiger partial charge < -0.3 is 10.2 Å². The summed E-state index contributed by atoms with van der Waals surface area (Å²) in [6.07, 6.45) is 0.811. The Balaban J connectivity index is 2.28. The number of nitrogens with one attached hydrogen (secondary N) is 1. The maximum Gasteiger partial charge on any atom is 0.295 e. The summed E-state index contributed by atoms with van der Waals surface area (Å²) in [4.78, 5) is 13.1. The summed E-state index contributed by atoms with van der Waals surface area (Å²) in [5.74, 6) is 4.47. The normalized spacial score (nSPS) is 9.28. The van der Waals surface area contributed by atoms with Crippen LogP contribution >= 0.6 is 0 Å². The summed E-state index contributed by atoms with van der Waals surface area (Å²) in [6.45, 7) is 2.99. The van der Waals surface area contributed by atoms with Crippen molar-refractivity contribution < 1.29 is 9.18 Å². The molecule has 0 radical (unpaired) electrons. The Labute approximate surface area is 107 Å². The van der Waals surface area contributed by atoms with Crippen molar-refractivity contribution in [2.75, 3.05) is 25.0 Å². The van der Waals surface area contributed by atoms with Gasteiger partial charge in [0.2, 0.25) is 0 Å². The van der Waals surface area contributed by atoms with Crippen molar-refractivity contribution in [2.24, 2.45) is 0 Å². The zero-order valence-electron chi connectivity index (χ0n) is 10.7. The van der Waals surface area contributed by atoms with Crippen molar-refractivity contribution in [3.05, 3.63) is 30.1 Å². The van der Waals surface area contributed by atoms with Crippen LogP contribution in [0, 0.1) is 17.7 Å². The minimum Gasteiger partial charge on any atom is -0.375 e. The van der Waals surface area contributed by atoms with E-state index in [0.29, 0.717) is 6.54 Å². The van der Waals surface area contributed by atoms with Gasteiger partial charge in [-0.25, -0.2) is 4.39 Å². The third-order valence-electron chi connectivity index (χ3n) is 2.46. The number of anilines is 1. The van der Waals surface area contributed by atoms with E-state index in [9.17, 15) is 9.18 Å². The molecule has 0 spiro atoms. The summed E-state index contributed by atoms with van der Waals surface area (Å²) in [6, 6.07) is 6.34. The molecule has 0 heterocycles. The van der Waals surface area contributed by atoms with Gasteiger partial charge in [0.15, 0.2) is 0 Å². The topological polar surface area (TPSA) is 32.3 Å². The minimum atomic E-state index is -0.248. The molecule has 0 fully saturated rings. The van der Waals surface area contributed by atoms with Crippen LogP contribution in [0.25, 0.3) is 0 Å². The highest BCUT2D eigenvalue weighted by atomic mass is 19.1. The van der Waals surface area contributed by atoms with Gasteiger partial charge in [0.25, 0.3) is 5.91 Å². The Morgan fingerprint density at radius 2 is 2.06 bits per heavy atom. The molecule has 1 aromatic rings. The van der Waals surface area contributed by atoms with Gasteiger partial charge in [-0.2, -0.15) is 0 Å². The van der Waals surface area contributed by atoms with Gasteiger partial charge in [-0.1, -0.05) is 5.92 Å². The van der Waals surface area contributed by atoms with Crippen LogP contribution in [0.3, 0.4) is 0 Å². The molecule has 1 rings (SSSR count). The molecule has 1 N–H and O–H groups in total. The molecule has 0 aliphatic carbocycles. The summed E-state index contributed by atoms with van der Waals surface area (Å²) < 4.78 is 12.7. The second-order valence-electron chi connectivity index (χ2n) is 3.88. The van der Waals surface area contributed by atoms with Crippen LogP contribution in [0.2, 0.25) is 0 Å². The van der Waals surface area contributed by atoms with E-state index in [-0.39, 0.29) is 11.7 Å². The molecule has 0 aliphatic heterocycles. The fourth-order valence-corrected chi connectivity index (χ4v) is 1.50. The van der Waals surface area contributed by atoms with Gasteiger partial charge in [-0.15, -0.1) is 0 Å². The molecule has 0 aromatic heterocycles. The van der Waals surface area contributed by atoms with E-state index in [0.717, 1.165) is 18.7 Å². The van der Waals surface area contributed by atoms with Crippen LogP contribution in [-0.4, -0.2) is 26.0 Å². The van der Waals surface area contributed by atoms with Gasteiger partial charge >= 0.3 is 0 Å². The highest BCUT2D eigenvalue weighted by molar-refractivity contribution is 5.93. The molecule has 3 nitrogen and oxygen atoms in total. The second kappa shape index (κ2) is 7.33. The van der Waals surface area contributed by atoms with Crippen molar-refractivity contribution in [1.82, 2.24) is 5.32 Å². The van der Waals surface area contributed by atoms with Crippen molar-refractivity contribution in [3.63, 3.8) is 0 Å². The molecule has 1 aromatic carbocycles. The van der Waals surface area contributed by atoms with Crippen molar-refractivity contribution in [1.29, 1.82) is 0 Å². The van der Waals surface area contributed by atoms with Crippen LogP contribution in [0.1, 0.15) is 13.3 Å². The van der Waals surface area contributed by atoms with Crippen LogP contribution < -0.4 is 10.2 Å².